The molecule has 2 aromatic carbocycles. The Morgan fingerprint density at radius 2 is 1.65 bits per heavy atom. The van der Waals surface area contributed by atoms with Gasteiger partial charge in [0.2, 0.25) is 0 Å². The first kappa shape index (κ1) is 13.5. The van der Waals surface area contributed by atoms with Gasteiger partial charge in [0.15, 0.2) is 5.78 Å². The predicted molar refractivity (Wildman–Crippen MR) is 67.9 cm³/mol. The standard InChI is InChI=1S/C15H8O5/c16-13(9-5-2-1-3-6-9)10-7-4-8-11(14(17)18)12(10)15(19)20/h1-2,4,6-8H,(H,17,18)(H,19,20). The lowest BCUT2D eigenvalue weighted by atomic mass is 9.94. The van der Waals surface area contributed by atoms with Crippen LogP contribution in [0.1, 0.15) is 36.6 Å². The number of ketones is 1. The molecule has 0 heterocycles. The minimum atomic E-state index is -1.47. The van der Waals surface area contributed by atoms with Crippen LogP contribution in [-0.2, 0) is 0 Å². The molecule has 0 bridgehead atoms. The zero-order valence-corrected chi connectivity index (χ0v) is 10.1. The summed E-state index contributed by atoms with van der Waals surface area (Å²) >= 11 is 0. The topological polar surface area (TPSA) is 91.7 Å². The van der Waals surface area contributed by atoms with Crippen LogP contribution in [0.3, 0.4) is 0 Å². The summed E-state index contributed by atoms with van der Waals surface area (Å²) in [4.78, 5) is 34.5. The van der Waals surface area contributed by atoms with Crippen molar-refractivity contribution in [2.75, 3.05) is 0 Å². The molecule has 5 nitrogen and oxygen atoms in total. The molecule has 0 atom stereocenters. The minimum absolute atomic E-state index is 0.123. The molecule has 0 saturated carbocycles. The monoisotopic (exact) mass is 268 g/mol. The lowest BCUT2D eigenvalue weighted by molar-refractivity contribution is 0.0649. The first-order chi connectivity index (χ1) is 9.52. The van der Waals surface area contributed by atoms with Crippen LogP contribution in [0.25, 0.3) is 0 Å². The normalized spacial score (nSPS) is 10.0. The molecule has 0 aliphatic rings. The highest BCUT2D eigenvalue weighted by atomic mass is 16.4. The van der Waals surface area contributed by atoms with E-state index in [2.05, 4.69) is 12.1 Å². The smallest absolute Gasteiger partial charge is 0.337 e. The average Bonchev–Trinajstić information content (AvgIpc) is 2.46. The molecule has 0 aromatic heterocycles. The van der Waals surface area contributed by atoms with Gasteiger partial charge < -0.3 is 10.2 Å². The summed E-state index contributed by atoms with van der Waals surface area (Å²) in [6.07, 6.45) is 0. The van der Waals surface area contributed by atoms with E-state index in [1.807, 2.05) is 0 Å². The second-order valence-corrected chi connectivity index (χ2v) is 3.87. The summed E-state index contributed by atoms with van der Waals surface area (Å²) in [6, 6.07) is 13.5. The summed E-state index contributed by atoms with van der Waals surface area (Å²) in [5.74, 6) is -3.48. The number of carboxylic acids is 2. The highest BCUT2D eigenvalue weighted by Gasteiger charge is 2.24. The Labute approximate surface area is 114 Å². The van der Waals surface area contributed by atoms with Gasteiger partial charge in [0.05, 0.1) is 11.1 Å². The molecule has 2 N–H and O–H groups in total. The molecule has 0 saturated heterocycles. The number of carboxylic acid groups (broad SMARTS) is 2. The molecule has 0 aliphatic carbocycles. The Bertz CT molecular complexity index is 689. The molecule has 0 fully saturated rings. The molecular weight excluding hydrogens is 260 g/mol. The molecule has 0 amide bonds. The second-order valence-electron chi connectivity index (χ2n) is 3.87. The van der Waals surface area contributed by atoms with E-state index in [4.69, 9.17) is 10.2 Å². The van der Waals surface area contributed by atoms with Crippen molar-refractivity contribution in [3.05, 3.63) is 70.8 Å². The quantitative estimate of drug-likeness (QED) is 0.826. The van der Waals surface area contributed by atoms with Gasteiger partial charge in [-0.05, 0) is 24.3 Å². The summed E-state index contributed by atoms with van der Waals surface area (Å²) in [5.41, 5.74) is -1.02. The molecule has 20 heavy (non-hydrogen) atoms. The van der Waals surface area contributed by atoms with Gasteiger partial charge in [-0.3, -0.25) is 4.79 Å². The lowest BCUT2D eigenvalue weighted by Gasteiger charge is -2.08. The summed E-state index contributed by atoms with van der Waals surface area (Å²) in [5, 5.41) is 18.2. The fourth-order valence-corrected chi connectivity index (χ4v) is 1.78. The Morgan fingerprint density at radius 1 is 0.950 bits per heavy atom. The predicted octanol–water partition coefficient (Wildman–Crippen LogP) is 1.91. The maximum Gasteiger partial charge on any atom is 0.337 e. The summed E-state index contributed by atoms with van der Waals surface area (Å²) in [6.45, 7) is 0. The van der Waals surface area contributed by atoms with Crippen LogP contribution in [0, 0.1) is 12.1 Å². The number of carbonyl (C=O) groups excluding carboxylic acids is 1. The fraction of sp³-hybridized carbons (Fsp3) is 0. The maximum atomic E-state index is 12.2. The van der Waals surface area contributed by atoms with Gasteiger partial charge >= 0.3 is 11.9 Å². The van der Waals surface area contributed by atoms with Crippen molar-refractivity contribution in [1.82, 2.24) is 0 Å². The first-order valence-electron chi connectivity index (χ1n) is 5.54. The van der Waals surface area contributed by atoms with E-state index >= 15 is 0 Å². The van der Waals surface area contributed by atoms with Gasteiger partial charge in [-0.15, -0.1) is 0 Å². The van der Waals surface area contributed by atoms with E-state index in [-0.39, 0.29) is 11.1 Å². The van der Waals surface area contributed by atoms with Crippen molar-refractivity contribution < 1.29 is 24.6 Å². The third-order valence-corrected chi connectivity index (χ3v) is 2.64. The number of benzene rings is 2. The van der Waals surface area contributed by atoms with E-state index in [0.29, 0.717) is 0 Å². The number of carbonyl (C=O) groups is 3. The van der Waals surface area contributed by atoms with Crippen LogP contribution in [-0.4, -0.2) is 27.9 Å². The van der Waals surface area contributed by atoms with Crippen LogP contribution < -0.4 is 0 Å². The lowest BCUT2D eigenvalue weighted by Crippen LogP contribution is -2.15. The highest BCUT2D eigenvalue weighted by molar-refractivity contribution is 6.16. The van der Waals surface area contributed by atoms with E-state index in [0.717, 1.165) is 6.07 Å². The van der Waals surface area contributed by atoms with Crippen molar-refractivity contribution in [3.8, 4) is 0 Å². The van der Waals surface area contributed by atoms with Gasteiger partial charge in [-0.1, -0.05) is 24.3 Å². The zero-order valence-electron chi connectivity index (χ0n) is 10.1. The van der Waals surface area contributed by atoms with E-state index in [1.165, 1.54) is 24.3 Å². The Hall–Kier alpha value is -2.95. The van der Waals surface area contributed by atoms with Crippen LogP contribution in [0.5, 0.6) is 0 Å². The number of hydrogen-bond acceptors (Lipinski definition) is 3. The summed E-state index contributed by atoms with van der Waals surface area (Å²) in [7, 11) is 0. The van der Waals surface area contributed by atoms with Crippen LogP contribution >= 0.6 is 0 Å². The molecular formula is C15H8O5. The van der Waals surface area contributed by atoms with Gasteiger partial charge in [-0.25, -0.2) is 9.59 Å². The summed E-state index contributed by atoms with van der Waals surface area (Å²) < 4.78 is 0. The Morgan fingerprint density at radius 3 is 2.20 bits per heavy atom. The van der Waals surface area contributed by atoms with Crippen LogP contribution in [0.2, 0.25) is 0 Å². The van der Waals surface area contributed by atoms with Crippen molar-refractivity contribution in [2.45, 2.75) is 0 Å². The molecule has 0 unspecified atom stereocenters. The van der Waals surface area contributed by atoms with Crippen molar-refractivity contribution in [3.63, 3.8) is 0 Å². The van der Waals surface area contributed by atoms with Crippen molar-refractivity contribution in [2.24, 2.45) is 0 Å². The average molecular weight is 268 g/mol. The minimum Gasteiger partial charge on any atom is -0.478 e. The molecule has 0 aliphatic heterocycles. The van der Waals surface area contributed by atoms with Crippen LogP contribution in [0.4, 0.5) is 0 Å². The van der Waals surface area contributed by atoms with Gasteiger partial charge in [-0.2, -0.15) is 0 Å². The maximum absolute atomic E-state index is 12.2. The number of aromatic carboxylic acids is 2. The molecule has 98 valence electrons. The largest absolute Gasteiger partial charge is 0.478 e. The molecule has 2 radical (unpaired) electrons. The second kappa shape index (κ2) is 5.36. The van der Waals surface area contributed by atoms with E-state index < -0.39 is 28.8 Å². The molecule has 2 rings (SSSR count). The third-order valence-electron chi connectivity index (χ3n) is 2.64. The Kier molecular flexibility index (Phi) is 3.61. The molecule has 5 heteroatoms. The third kappa shape index (κ3) is 2.42. The zero-order chi connectivity index (χ0) is 14.7. The Balaban J connectivity index is 2.63. The van der Waals surface area contributed by atoms with E-state index in [9.17, 15) is 14.4 Å². The van der Waals surface area contributed by atoms with Crippen molar-refractivity contribution in [1.29, 1.82) is 0 Å². The SMILES string of the molecule is O=C(O)c1cccc(C(=O)c2[c]cc[c]c2)c1C(=O)O. The number of rotatable bonds is 4. The van der Waals surface area contributed by atoms with Gasteiger partial charge in [0.25, 0.3) is 0 Å². The molecule has 0 spiro atoms. The van der Waals surface area contributed by atoms with E-state index in [1.54, 1.807) is 6.07 Å². The van der Waals surface area contributed by atoms with Crippen LogP contribution in [0.15, 0.2) is 36.4 Å². The fourth-order valence-electron chi connectivity index (χ4n) is 1.78. The number of hydrogen-bond donors (Lipinski definition) is 2. The van der Waals surface area contributed by atoms with Crippen molar-refractivity contribution >= 4 is 17.7 Å². The van der Waals surface area contributed by atoms with Gasteiger partial charge in [0.1, 0.15) is 0 Å². The molecule has 2 aromatic rings. The van der Waals surface area contributed by atoms with Gasteiger partial charge in [0, 0.05) is 11.1 Å². The first-order valence-corrected chi connectivity index (χ1v) is 5.54. The highest BCUT2D eigenvalue weighted by Crippen LogP contribution is 2.19.